The Kier molecular flexibility index (Phi) is 4.43. The molecule has 0 radical (unpaired) electrons. The highest BCUT2D eigenvalue weighted by Gasteiger charge is 2.43. The Morgan fingerprint density at radius 1 is 0.933 bits per heavy atom. The molecule has 3 saturated heterocycles. The van der Waals surface area contributed by atoms with Crippen LogP contribution < -0.4 is 20.9 Å². The highest BCUT2D eigenvalue weighted by Crippen LogP contribution is 2.41. The first-order valence-corrected chi connectivity index (χ1v) is 11.3. The van der Waals surface area contributed by atoms with E-state index in [0.717, 1.165) is 45.1 Å². The number of nitrogens with one attached hydrogen (secondary N) is 3. The first-order chi connectivity index (χ1) is 14.8. The minimum atomic E-state index is 0.144. The van der Waals surface area contributed by atoms with Crippen LogP contribution in [0.15, 0.2) is 48.7 Å². The van der Waals surface area contributed by atoms with Crippen LogP contribution in [0, 0.1) is 0 Å². The van der Waals surface area contributed by atoms with Gasteiger partial charge >= 0.3 is 0 Å². The second kappa shape index (κ2) is 7.29. The lowest BCUT2D eigenvalue weighted by atomic mass is 9.87. The quantitative estimate of drug-likeness (QED) is 0.733. The monoisotopic (exact) mass is 402 g/mol. The molecule has 0 bridgehead atoms. The maximum Gasteiger partial charge on any atom is 0.128 e. The summed E-state index contributed by atoms with van der Waals surface area (Å²) in [5, 5.41) is 10.8. The molecule has 3 N–H and O–H groups in total. The fourth-order valence-corrected chi connectivity index (χ4v) is 5.31. The SMILES string of the molecule is C1=C(N2CCC3(CCN3)C2)c2ccccc2NC1c1ccc(N2CCNCC2)nc1. The Labute approximate surface area is 178 Å². The number of benzene rings is 1. The van der Waals surface area contributed by atoms with E-state index in [4.69, 9.17) is 4.98 Å². The molecule has 5 heterocycles. The van der Waals surface area contributed by atoms with Gasteiger partial charge in [0.05, 0.1) is 6.04 Å². The Hall–Kier alpha value is -2.57. The van der Waals surface area contributed by atoms with Crippen LogP contribution in [0.1, 0.15) is 30.0 Å². The van der Waals surface area contributed by atoms with Crippen molar-refractivity contribution in [2.24, 2.45) is 0 Å². The van der Waals surface area contributed by atoms with Crippen LogP contribution in [0.3, 0.4) is 0 Å². The second-order valence-corrected chi connectivity index (χ2v) is 9.03. The Bertz CT molecular complexity index is 942. The average Bonchev–Trinajstić information content (AvgIpc) is 3.26. The van der Waals surface area contributed by atoms with Crippen LogP contribution in [0.5, 0.6) is 0 Å². The summed E-state index contributed by atoms with van der Waals surface area (Å²) in [4.78, 5) is 9.75. The summed E-state index contributed by atoms with van der Waals surface area (Å²) in [5.41, 5.74) is 5.47. The maximum absolute atomic E-state index is 4.81. The highest BCUT2D eigenvalue weighted by atomic mass is 15.3. The molecule has 1 aromatic carbocycles. The van der Waals surface area contributed by atoms with Crippen LogP contribution >= 0.6 is 0 Å². The summed E-state index contributed by atoms with van der Waals surface area (Å²) in [6.07, 6.45) is 7.00. The van der Waals surface area contributed by atoms with Gasteiger partial charge in [-0.25, -0.2) is 4.98 Å². The molecular weight excluding hydrogens is 372 g/mol. The number of anilines is 2. The summed E-state index contributed by atoms with van der Waals surface area (Å²) in [7, 11) is 0. The maximum atomic E-state index is 4.81. The molecule has 4 aliphatic rings. The van der Waals surface area contributed by atoms with E-state index in [1.807, 2.05) is 0 Å². The van der Waals surface area contributed by atoms with Gasteiger partial charge in [0.2, 0.25) is 0 Å². The lowest BCUT2D eigenvalue weighted by Crippen LogP contribution is -2.58. The standard InChI is InChI=1S/C24H30N6/c1-2-4-20-19(3-1)22(30-12-8-24(17-30)7-9-27-24)15-21(28-20)18-5-6-23(26-16-18)29-13-10-25-11-14-29/h1-6,15-16,21,25,27-28H,7-14,17H2. The number of pyridine rings is 1. The summed E-state index contributed by atoms with van der Waals surface area (Å²) in [5.74, 6) is 1.08. The van der Waals surface area contributed by atoms with Crippen LogP contribution in [-0.2, 0) is 0 Å². The molecule has 6 heteroatoms. The van der Waals surface area contributed by atoms with Gasteiger partial charge in [-0.05, 0) is 43.2 Å². The molecule has 0 aliphatic carbocycles. The van der Waals surface area contributed by atoms with E-state index in [9.17, 15) is 0 Å². The van der Waals surface area contributed by atoms with E-state index < -0.39 is 0 Å². The summed E-state index contributed by atoms with van der Waals surface area (Å²) < 4.78 is 0. The first-order valence-electron chi connectivity index (χ1n) is 11.3. The zero-order valence-electron chi connectivity index (χ0n) is 17.4. The molecule has 4 aliphatic heterocycles. The smallest absolute Gasteiger partial charge is 0.128 e. The fourth-order valence-electron chi connectivity index (χ4n) is 5.31. The first kappa shape index (κ1) is 18.2. The van der Waals surface area contributed by atoms with Crippen LogP contribution in [-0.4, -0.2) is 61.2 Å². The Morgan fingerprint density at radius 2 is 1.80 bits per heavy atom. The van der Waals surface area contributed by atoms with Crippen molar-refractivity contribution in [2.45, 2.75) is 24.4 Å². The molecule has 0 amide bonds. The fraction of sp³-hybridized carbons (Fsp3) is 0.458. The Morgan fingerprint density at radius 3 is 2.53 bits per heavy atom. The number of hydrogen-bond acceptors (Lipinski definition) is 6. The minimum absolute atomic E-state index is 0.144. The van der Waals surface area contributed by atoms with Crippen molar-refractivity contribution in [3.8, 4) is 0 Å². The van der Waals surface area contributed by atoms with Crippen molar-refractivity contribution in [3.63, 3.8) is 0 Å². The molecule has 0 saturated carbocycles. The second-order valence-electron chi connectivity index (χ2n) is 9.03. The largest absolute Gasteiger partial charge is 0.374 e. The molecule has 3 fully saturated rings. The predicted octanol–water partition coefficient (Wildman–Crippen LogP) is 2.44. The van der Waals surface area contributed by atoms with Gasteiger partial charge in [-0.3, -0.25) is 0 Å². The van der Waals surface area contributed by atoms with Crippen molar-refractivity contribution in [3.05, 3.63) is 59.8 Å². The van der Waals surface area contributed by atoms with Gasteiger partial charge in [-0.2, -0.15) is 0 Å². The molecule has 1 spiro atoms. The molecule has 2 atom stereocenters. The van der Waals surface area contributed by atoms with Crippen molar-refractivity contribution < 1.29 is 0 Å². The van der Waals surface area contributed by atoms with Gasteiger partial charge in [0, 0.05) is 68.0 Å². The van der Waals surface area contributed by atoms with Crippen LogP contribution in [0.2, 0.25) is 0 Å². The van der Waals surface area contributed by atoms with E-state index in [1.165, 1.54) is 41.9 Å². The zero-order valence-corrected chi connectivity index (χ0v) is 17.4. The number of nitrogens with zero attached hydrogens (tertiary/aromatic N) is 3. The van der Waals surface area contributed by atoms with Crippen molar-refractivity contribution >= 4 is 17.2 Å². The lowest BCUT2D eigenvalue weighted by Gasteiger charge is -2.40. The van der Waals surface area contributed by atoms with Gasteiger partial charge in [-0.15, -0.1) is 0 Å². The topological polar surface area (TPSA) is 55.5 Å². The number of piperazine rings is 1. The molecular formula is C24H30N6. The van der Waals surface area contributed by atoms with Gasteiger partial charge in [-0.1, -0.05) is 24.3 Å². The summed E-state index contributed by atoms with van der Waals surface area (Å²) >= 11 is 0. The summed E-state index contributed by atoms with van der Waals surface area (Å²) in [6, 6.07) is 13.3. The van der Waals surface area contributed by atoms with E-state index in [-0.39, 0.29) is 6.04 Å². The third-order valence-electron chi connectivity index (χ3n) is 7.21. The number of hydrogen-bond donors (Lipinski definition) is 3. The van der Waals surface area contributed by atoms with Gasteiger partial charge in [0.1, 0.15) is 5.82 Å². The third kappa shape index (κ3) is 3.15. The number of rotatable bonds is 3. The number of para-hydroxylation sites is 1. The molecule has 6 rings (SSSR count). The van der Waals surface area contributed by atoms with E-state index in [1.54, 1.807) is 0 Å². The van der Waals surface area contributed by atoms with Gasteiger partial charge in [0.15, 0.2) is 0 Å². The minimum Gasteiger partial charge on any atom is -0.374 e. The van der Waals surface area contributed by atoms with Gasteiger partial charge in [0.25, 0.3) is 0 Å². The lowest BCUT2D eigenvalue weighted by molar-refractivity contribution is 0.219. The van der Waals surface area contributed by atoms with E-state index in [2.05, 4.69) is 74.4 Å². The molecule has 1 aromatic heterocycles. The molecule has 30 heavy (non-hydrogen) atoms. The molecule has 2 aromatic rings. The van der Waals surface area contributed by atoms with Gasteiger partial charge < -0.3 is 25.8 Å². The predicted molar refractivity (Wildman–Crippen MR) is 122 cm³/mol. The van der Waals surface area contributed by atoms with Crippen molar-refractivity contribution in [2.75, 3.05) is 56.0 Å². The molecule has 156 valence electrons. The van der Waals surface area contributed by atoms with Crippen LogP contribution in [0.4, 0.5) is 11.5 Å². The third-order valence-corrected chi connectivity index (χ3v) is 7.21. The zero-order chi connectivity index (χ0) is 20.0. The number of aromatic nitrogens is 1. The van der Waals surface area contributed by atoms with Crippen molar-refractivity contribution in [1.82, 2.24) is 20.5 Å². The number of fused-ring (bicyclic) bond motifs is 1. The van der Waals surface area contributed by atoms with E-state index in [0.29, 0.717) is 5.54 Å². The average molecular weight is 403 g/mol. The van der Waals surface area contributed by atoms with Crippen molar-refractivity contribution in [1.29, 1.82) is 0 Å². The molecule has 2 unspecified atom stereocenters. The number of likely N-dealkylation sites (tertiary alicyclic amines) is 1. The summed E-state index contributed by atoms with van der Waals surface area (Å²) in [6.45, 7) is 7.51. The normalized spacial score (nSPS) is 28.0. The van der Waals surface area contributed by atoms with E-state index >= 15 is 0 Å². The Balaban J connectivity index is 1.29. The van der Waals surface area contributed by atoms with Crippen LogP contribution in [0.25, 0.3) is 5.70 Å². The molecule has 6 nitrogen and oxygen atoms in total. The highest BCUT2D eigenvalue weighted by molar-refractivity contribution is 5.79.